The fourth-order valence-electron chi connectivity index (χ4n) is 1.31. The minimum Gasteiger partial charge on any atom is -0.410 e. The lowest BCUT2D eigenvalue weighted by molar-refractivity contribution is 0.171. The van der Waals surface area contributed by atoms with Crippen molar-refractivity contribution in [1.29, 1.82) is 0 Å². The van der Waals surface area contributed by atoms with E-state index in [0.717, 1.165) is 6.42 Å². The second kappa shape index (κ2) is 7.71. The Balaban J connectivity index is 4.86. The minimum absolute atomic E-state index is 0.184. The highest BCUT2D eigenvalue weighted by molar-refractivity contribution is 14.1. The van der Waals surface area contributed by atoms with E-state index in [4.69, 9.17) is 4.43 Å². The standard InChI is InChI=1S/C15H27IOSi/c1-8-9-10-13(2)14(11-12-16)17-18(6,7)15(3,4)5/h11-14H,10H2,1-7H3/b12-11+/t13?,14-/m1/s1. The van der Waals surface area contributed by atoms with E-state index >= 15 is 0 Å². The Morgan fingerprint density at radius 2 is 1.89 bits per heavy atom. The van der Waals surface area contributed by atoms with Crippen LogP contribution in [0.2, 0.25) is 18.1 Å². The van der Waals surface area contributed by atoms with E-state index < -0.39 is 8.32 Å². The maximum atomic E-state index is 6.48. The molecule has 0 aromatic rings. The molecule has 0 amide bonds. The molecular formula is C15H27IOSi. The van der Waals surface area contributed by atoms with Crippen molar-refractivity contribution in [2.45, 2.75) is 65.3 Å². The molecule has 2 atom stereocenters. The molecule has 0 radical (unpaired) electrons. The second-order valence-corrected chi connectivity index (χ2v) is 11.7. The molecule has 0 saturated carbocycles. The van der Waals surface area contributed by atoms with Crippen LogP contribution in [0.5, 0.6) is 0 Å². The van der Waals surface area contributed by atoms with E-state index in [0.29, 0.717) is 5.92 Å². The maximum absolute atomic E-state index is 6.48. The maximum Gasteiger partial charge on any atom is 0.192 e. The quantitative estimate of drug-likeness (QED) is 0.355. The van der Waals surface area contributed by atoms with Crippen LogP contribution in [-0.2, 0) is 4.43 Å². The molecular weight excluding hydrogens is 351 g/mol. The molecule has 0 bridgehead atoms. The predicted octanol–water partition coefficient (Wildman–Crippen LogP) is 5.38. The number of halogens is 1. The van der Waals surface area contributed by atoms with Crippen LogP contribution in [0.3, 0.4) is 0 Å². The van der Waals surface area contributed by atoms with Gasteiger partial charge in [0.25, 0.3) is 0 Å². The summed E-state index contributed by atoms with van der Waals surface area (Å²) >= 11 is 2.26. The van der Waals surface area contributed by atoms with Crippen molar-refractivity contribution in [1.82, 2.24) is 0 Å². The van der Waals surface area contributed by atoms with Gasteiger partial charge in [-0.05, 0) is 35.1 Å². The fourth-order valence-corrected chi connectivity index (χ4v) is 3.07. The monoisotopic (exact) mass is 378 g/mol. The lowest BCUT2D eigenvalue weighted by atomic mass is 10.0. The lowest BCUT2D eigenvalue weighted by Gasteiger charge is -2.40. The Morgan fingerprint density at radius 1 is 1.33 bits per heavy atom. The topological polar surface area (TPSA) is 9.23 Å². The summed E-state index contributed by atoms with van der Waals surface area (Å²) in [5.74, 6) is 6.57. The van der Waals surface area contributed by atoms with Gasteiger partial charge < -0.3 is 4.43 Å². The highest BCUT2D eigenvalue weighted by Gasteiger charge is 2.39. The zero-order valence-electron chi connectivity index (χ0n) is 12.8. The molecule has 0 N–H and O–H groups in total. The summed E-state index contributed by atoms with van der Waals surface area (Å²) in [5.41, 5.74) is 0. The first kappa shape index (κ1) is 18.2. The molecule has 0 aliphatic carbocycles. The Morgan fingerprint density at radius 3 is 2.28 bits per heavy atom. The first-order valence-corrected chi connectivity index (χ1v) is 10.7. The molecule has 0 rings (SSSR count). The van der Waals surface area contributed by atoms with Crippen molar-refractivity contribution in [2.24, 2.45) is 5.92 Å². The van der Waals surface area contributed by atoms with E-state index in [2.05, 4.69) is 85.4 Å². The summed E-state index contributed by atoms with van der Waals surface area (Å²) in [6, 6.07) is 0. The van der Waals surface area contributed by atoms with E-state index in [1.165, 1.54) is 0 Å². The second-order valence-electron chi connectivity index (χ2n) is 6.27. The van der Waals surface area contributed by atoms with Crippen LogP contribution in [0.1, 0.15) is 41.0 Å². The number of hydrogen-bond donors (Lipinski definition) is 0. The SMILES string of the molecule is CC#CCC(C)[C@@H](/C=C/I)O[Si](C)(C)C(C)(C)C. The zero-order chi connectivity index (χ0) is 14.4. The van der Waals surface area contributed by atoms with E-state index in [1.807, 2.05) is 6.92 Å². The third-order valence-electron chi connectivity index (χ3n) is 3.66. The van der Waals surface area contributed by atoms with Crippen LogP contribution < -0.4 is 0 Å². The molecule has 0 spiro atoms. The zero-order valence-corrected chi connectivity index (χ0v) is 16.0. The first-order chi connectivity index (χ1) is 8.15. The smallest absolute Gasteiger partial charge is 0.192 e. The molecule has 18 heavy (non-hydrogen) atoms. The summed E-state index contributed by atoms with van der Waals surface area (Å²) in [4.78, 5) is 0. The molecule has 0 aromatic heterocycles. The molecule has 1 nitrogen and oxygen atoms in total. The number of rotatable bonds is 5. The van der Waals surface area contributed by atoms with Gasteiger partial charge in [-0.3, -0.25) is 0 Å². The fraction of sp³-hybridized carbons (Fsp3) is 0.733. The van der Waals surface area contributed by atoms with Gasteiger partial charge in [0.2, 0.25) is 0 Å². The van der Waals surface area contributed by atoms with E-state index in [9.17, 15) is 0 Å². The molecule has 0 aromatic carbocycles. The molecule has 104 valence electrons. The largest absolute Gasteiger partial charge is 0.410 e. The molecule has 3 heteroatoms. The van der Waals surface area contributed by atoms with Gasteiger partial charge in [0.1, 0.15) is 0 Å². The minimum atomic E-state index is -1.71. The lowest BCUT2D eigenvalue weighted by Crippen LogP contribution is -2.45. The van der Waals surface area contributed by atoms with Gasteiger partial charge in [-0.25, -0.2) is 0 Å². The summed E-state index contributed by atoms with van der Waals surface area (Å²) in [6.45, 7) is 15.6. The van der Waals surface area contributed by atoms with Crippen LogP contribution in [-0.4, -0.2) is 14.4 Å². The average Bonchev–Trinajstić information content (AvgIpc) is 2.23. The predicted molar refractivity (Wildman–Crippen MR) is 92.5 cm³/mol. The Bertz CT molecular complexity index is 331. The van der Waals surface area contributed by atoms with Gasteiger partial charge in [-0.15, -0.1) is 11.8 Å². The van der Waals surface area contributed by atoms with Crippen molar-refractivity contribution in [3.8, 4) is 11.8 Å². The number of hydrogen-bond acceptors (Lipinski definition) is 1. The van der Waals surface area contributed by atoms with Gasteiger partial charge in [0.15, 0.2) is 8.32 Å². The van der Waals surface area contributed by atoms with E-state index in [-0.39, 0.29) is 11.1 Å². The summed E-state index contributed by atoms with van der Waals surface area (Å²) in [7, 11) is -1.71. The van der Waals surface area contributed by atoms with Crippen LogP contribution in [0.15, 0.2) is 10.2 Å². The molecule has 0 fully saturated rings. The van der Waals surface area contributed by atoms with Crippen LogP contribution in [0.25, 0.3) is 0 Å². The van der Waals surface area contributed by atoms with E-state index in [1.54, 1.807) is 0 Å². The van der Waals surface area contributed by atoms with Crippen molar-refractivity contribution < 1.29 is 4.43 Å². The Kier molecular flexibility index (Phi) is 7.80. The Hall–Kier alpha value is 0.207. The molecule has 0 aliphatic heterocycles. The summed E-state index contributed by atoms with van der Waals surface area (Å²) in [6.07, 6.45) is 3.25. The summed E-state index contributed by atoms with van der Waals surface area (Å²) in [5, 5.41) is 0.251. The van der Waals surface area contributed by atoms with Gasteiger partial charge in [0.05, 0.1) is 6.10 Å². The van der Waals surface area contributed by atoms with Gasteiger partial charge in [-0.1, -0.05) is 56.4 Å². The highest BCUT2D eigenvalue weighted by atomic mass is 127. The molecule has 0 saturated heterocycles. The molecule has 0 aliphatic rings. The van der Waals surface area contributed by atoms with Crippen LogP contribution in [0, 0.1) is 17.8 Å². The van der Waals surface area contributed by atoms with Crippen molar-refractivity contribution >= 4 is 30.9 Å². The van der Waals surface area contributed by atoms with Crippen molar-refractivity contribution in [2.75, 3.05) is 0 Å². The van der Waals surface area contributed by atoms with Crippen molar-refractivity contribution in [3.63, 3.8) is 0 Å². The van der Waals surface area contributed by atoms with Gasteiger partial charge >= 0.3 is 0 Å². The van der Waals surface area contributed by atoms with Gasteiger partial charge in [-0.2, -0.15) is 0 Å². The first-order valence-electron chi connectivity index (χ1n) is 6.50. The van der Waals surface area contributed by atoms with Crippen LogP contribution >= 0.6 is 22.6 Å². The van der Waals surface area contributed by atoms with Crippen molar-refractivity contribution in [3.05, 3.63) is 10.2 Å². The molecule has 1 unspecified atom stereocenters. The molecule has 0 heterocycles. The highest BCUT2D eigenvalue weighted by Crippen LogP contribution is 2.38. The third kappa shape index (κ3) is 5.90. The third-order valence-corrected chi connectivity index (χ3v) is 8.55. The van der Waals surface area contributed by atoms with Crippen LogP contribution in [0.4, 0.5) is 0 Å². The normalized spacial score (nSPS) is 16.2. The summed E-state index contributed by atoms with van der Waals surface area (Å²) < 4.78 is 8.54. The Labute approximate surface area is 128 Å². The average molecular weight is 378 g/mol. The van der Waals surface area contributed by atoms with Gasteiger partial charge in [0, 0.05) is 6.42 Å².